The third-order valence-corrected chi connectivity index (χ3v) is 7.07. The summed E-state index contributed by atoms with van der Waals surface area (Å²) in [5.41, 5.74) is 0.548. The van der Waals surface area contributed by atoms with Gasteiger partial charge in [0.1, 0.15) is 18.4 Å². The number of carbonyl (C=O) groups excluding carboxylic acids is 2. The van der Waals surface area contributed by atoms with E-state index in [0.29, 0.717) is 22.2 Å². The highest BCUT2D eigenvalue weighted by Gasteiger charge is 2.32. The van der Waals surface area contributed by atoms with Crippen molar-refractivity contribution >= 4 is 50.7 Å². The number of unbranched alkanes of at least 4 members (excludes halogenated alkanes) is 1. The second-order valence-electron chi connectivity index (χ2n) is 8.08. The number of halogens is 3. The number of carbonyl (C=O) groups is 2. The van der Waals surface area contributed by atoms with Gasteiger partial charge in [-0.25, -0.2) is 12.8 Å². The van der Waals surface area contributed by atoms with Crippen molar-refractivity contribution in [3.05, 3.63) is 63.9 Å². The highest BCUT2D eigenvalue weighted by Crippen LogP contribution is 2.25. The number of anilines is 1. The minimum Gasteiger partial charge on any atom is -0.354 e. The lowest BCUT2D eigenvalue weighted by Crippen LogP contribution is -2.52. The monoisotopic (exact) mass is 545 g/mol. The van der Waals surface area contributed by atoms with E-state index in [1.807, 2.05) is 6.92 Å². The maximum Gasteiger partial charge on any atom is 0.244 e. The average molecular weight is 546 g/mol. The zero-order chi connectivity index (χ0) is 26.2. The zero-order valence-corrected chi connectivity index (χ0v) is 22.3. The largest absolute Gasteiger partial charge is 0.354 e. The number of rotatable bonds is 12. The summed E-state index contributed by atoms with van der Waals surface area (Å²) in [5, 5.41) is 3.55. The van der Waals surface area contributed by atoms with Crippen LogP contribution in [0.15, 0.2) is 42.5 Å². The predicted octanol–water partition coefficient (Wildman–Crippen LogP) is 4.62. The Morgan fingerprint density at radius 2 is 1.83 bits per heavy atom. The van der Waals surface area contributed by atoms with E-state index < -0.39 is 34.3 Å². The molecule has 0 unspecified atom stereocenters. The molecule has 0 aliphatic rings. The fraction of sp³-hybridized carbons (Fsp3) is 0.417. The lowest BCUT2D eigenvalue weighted by atomic mass is 10.1. The summed E-state index contributed by atoms with van der Waals surface area (Å²) < 4.78 is 39.7. The van der Waals surface area contributed by atoms with E-state index >= 15 is 0 Å². The molecule has 0 bridgehead atoms. The van der Waals surface area contributed by atoms with Gasteiger partial charge in [-0.1, -0.05) is 55.6 Å². The van der Waals surface area contributed by atoms with E-state index in [2.05, 4.69) is 5.32 Å². The zero-order valence-electron chi connectivity index (χ0n) is 19.9. The molecule has 0 saturated carbocycles. The fourth-order valence-electron chi connectivity index (χ4n) is 3.50. The van der Waals surface area contributed by atoms with E-state index in [0.717, 1.165) is 29.5 Å². The molecule has 2 rings (SSSR count). The lowest BCUT2D eigenvalue weighted by molar-refractivity contribution is -0.140. The third-order valence-electron chi connectivity index (χ3n) is 5.35. The van der Waals surface area contributed by atoms with Gasteiger partial charge in [0.15, 0.2) is 0 Å². The minimum atomic E-state index is -3.95. The summed E-state index contributed by atoms with van der Waals surface area (Å²) in [6.45, 7) is 3.54. The molecule has 2 amide bonds. The molecule has 1 atom stereocenters. The highest BCUT2D eigenvalue weighted by molar-refractivity contribution is 7.92. The molecule has 0 radical (unpaired) electrons. The van der Waals surface area contributed by atoms with Crippen molar-refractivity contribution in [2.75, 3.05) is 23.7 Å². The average Bonchev–Trinajstić information content (AvgIpc) is 2.78. The van der Waals surface area contributed by atoms with Crippen molar-refractivity contribution in [3.8, 4) is 0 Å². The van der Waals surface area contributed by atoms with Gasteiger partial charge in [0.05, 0.1) is 11.9 Å². The summed E-state index contributed by atoms with van der Waals surface area (Å²) >= 11 is 12.3. The van der Waals surface area contributed by atoms with Crippen LogP contribution in [-0.4, -0.2) is 50.5 Å². The molecular weight excluding hydrogens is 516 g/mol. The molecule has 192 valence electrons. The first-order chi connectivity index (χ1) is 16.5. The number of hydrogen-bond acceptors (Lipinski definition) is 4. The summed E-state index contributed by atoms with van der Waals surface area (Å²) in [7, 11) is -3.95. The fourth-order valence-corrected chi connectivity index (χ4v) is 4.81. The van der Waals surface area contributed by atoms with Gasteiger partial charge in [0, 0.05) is 23.1 Å². The summed E-state index contributed by atoms with van der Waals surface area (Å²) in [6.07, 6.45) is 2.88. The standard InChI is InChI=1S/C24H30Cl2FN3O4S/c1-4-6-12-28-24(32)22(5-2)29(15-17-10-11-18(25)13-21(17)26)23(31)16-30(35(3,33)34)20-9-7-8-19(27)14-20/h7-11,13-14,22H,4-6,12,15-16H2,1-3H3,(H,28,32)/t22-/m1/s1. The third kappa shape index (κ3) is 8.37. The molecule has 35 heavy (non-hydrogen) atoms. The lowest BCUT2D eigenvalue weighted by Gasteiger charge is -2.33. The molecule has 0 heterocycles. The maximum atomic E-state index is 13.8. The van der Waals surface area contributed by atoms with Crippen molar-refractivity contribution in [3.63, 3.8) is 0 Å². The van der Waals surface area contributed by atoms with E-state index in [9.17, 15) is 22.4 Å². The Morgan fingerprint density at radius 1 is 1.11 bits per heavy atom. The van der Waals surface area contributed by atoms with E-state index in [1.165, 1.54) is 29.2 Å². The van der Waals surface area contributed by atoms with Crippen LogP contribution in [0.4, 0.5) is 10.1 Å². The first-order valence-electron chi connectivity index (χ1n) is 11.2. The van der Waals surface area contributed by atoms with Crippen LogP contribution < -0.4 is 9.62 Å². The summed E-state index contributed by atoms with van der Waals surface area (Å²) in [5.74, 6) is -1.63. The van der Waals surface area contributed by atoms with Gasteiger partial charge in [-0.05, 0) is 48.7 Å². The molecule has 0 aromatic heterocycles. The Bertz CT molecular complexity index is 1150. The Kier molecular flexibility index (Phi) is 10.8. The minimum absolute atomic E-state index is 0.00534. The van der Waals surface area contributed by atoms with Crippen LogP contribution in [0.1, 0.15) is 38.7 Å². The number of benzene rings is 2. The molecule has 0 saturated heterocycles. The quantitative estimate of drug-likeness (QED) is 0.394. The van der Waals surface area contributed by atoms with Crippen LogP contribution in [-0.2, 0) is 26.2 Å². The van der Waals surface area contributed by atoms with Gasteiger partial charge < -0.3 is 10.2 Å². The highest BCUT2D eigenvalue weighted by atomic mass is 35.5. The van der Waals surface area contributed by atoms with Gasteiger partial charge in [-0.15, -0.1) is 0 Å². The first-order valence-corrected chi connectivity index (χ1v) is 13.8. The molecule has 2 aromatic carbocycles. The van der Waals surface area contributed by atoms with Gasteiger partial charge in [-0.2, -0.15) is 0 Å². The molecule has 0 fully saturated rings. The van der Waals surface area contributed by atoms with Crippen molar-refractivity contribution < 1.29 is 22.4 Å². The van der Waals surface area contributed by atoms with Crippen LogP contribution >= 0.6 is 23.2 Å². The van der Waals surface area contributed by atoms with Crippen molar-refractivity contribution in [2.45, 2.75) is 45.7 Å². The Hall–Kier alpha value is -2.36. The van der Waals surface area contributed by atoms with Crippen molar-refractivity contribution in [1.29, 1.82) is 0 Å². The molecule has 2 aromatic rings. The molecular formula is C24H30Cl2FN3O4S. The Labute approximate surface area is 216 Å². The molecule has 7 nitrogen and oxygen atoms in total. The van der Waals surface area contributed by atoms with Crippen molar-refractivity contribution in [1.82, 2.24) is 10.2 Å². The number of hydrogen-bond donors (Lipinski definition) is 1. The number of nitrogens with zero attached hydrogens (tertiary/aromatic N) is 2. The summed E-state index contributed by atoms with van der Waals surface area (Å²) in [4.78, 5) is 27.8. The normalized spacial score (nSPS) is 12.2. The number of sulfonamides is 1. The van der Waals surface area contributed by atoms with Gasteiger partial charge in [0.2, 0.25) is 21.8 Å². The topological polar surface area (TPSA) is 86.8 Å². The summed E-state index contributed by atoms with van der Waals surface area (Å²) in [6, 6.07) is 8.87. The van der Waals surface area contributed by atoms with Gasteiger partial charge in [0.25, 0.3) is 0 Å². The molecule has 1 N–H and O–H groups in total. The van der Waals surface area contributed by atoms with Crippen LogP contribution in [0.5, 0.6) is 0 Å². The Balaban J connectivity index is 2.44. The second-order valence-corrected chi connectivity index (χ2v) is 10.8. The van der Waals surface area contributed by atoms with Crippen molar-refractivity contribution in [2.24, 2.45) is 0 Å². The number of amides is 2. The molecule has 0 aliphatic heterocycles. The van der Waals surface area contributed by atoms with E-state index in [-0.39, 0.29) is 24.6 Å². The Morgan fingerprint density at radius 3 is 2.40 bits per heavy atom. The van der Waals surface area contributed by atoms with E-state index in [1.54, 1.807) is 19.1 Å². The van der Waals surface area contributed by atoms with Crippen LogP contribution in [0.25, 0.3) is 0 Å². The molecule has 11 heteroatoms. The van der Waals surface area contributed by atoms with Crippen LogP contribution in [0, 0.1) is 5.82 Å². The predicted molar refractivity (Wildman–Crippen MR) is 138 cm³/mol. The molecule has 0 aliphatic carbocycles. The first kappa shape index (κ1) is 28.9. The molecule has 0 spiro atoms. The van der Waals surface area contributed by atoms with Gasteiger partial charge in [-0.3, -0.25) is 13.9 Å². The van der Waals surface area contributed by atoms with Crippen LogP contribution in [0.2, 0.25) is 10.0 Å². The maximum absolute atomic E-state index is 13.8. The van der Waals surface area contributed by atoms with Crippen LogP contribution in [0.3, 0.4) is 0 Å². The SMILES string of the molecule is CCCCNC(=O)[C@@H](CC)N(Cc1ccc(Cl)cc1Cl)C(=O)CN(c1cccc(F)c1)S(C)(=O)=O. The van der Waals surface area contributed by atoms with E-state index in [4.69, 9.17) is 23.2 Å². The van der Waals surface area contributed by atoms with Gasteiger partial charge >= 0.3 is 0 Å². The second kappa shape index (κ2) is 13.1. The number of nitrogens with one attached hydrogen (secondary N) is 1. The smallest absolute Gasteiger partial charge is 0.244 e.